The zero-order chi connectivity index (χ0) is 17.5. The summed E-state index contributed by atoms with van der Waals surface area (Å²) in [7, 11) is 0. The molecule has 1 heterocycles. The predicted octanol–water partition coefficient (Wildman–Crippen LogP) is 3.21. The van der Waals surface area contributed by atoms with E-state index in [1.807, 2.05) is 0 Å². The van der Waals surface area contributed by atoms with Crippen LogP contribution in [0.5, 0.6) is 0 Å². The molecule has 2 aliphatic rings. The van der Waals surface area contributed by atoms with Crippen molar-refractivity contribution < 1.29 is 9.72 Å². The van der Waals surface area contributed by atoms with Crippen molar-refractivity contribution in [1.82, 2.24) is 5.32 Å². The summed E-state index contributed by atoms with van der Waals surface area (Å²) in [5.74, 6) is 0.488. The van der Waals surface area contributed by atoms with Crippen LogP contribution in [-0.4, -0.2) is 23.4 Å². The van der Waals surface area contributed by atoms with Crippen molar-refractivity contribution in [2.45, 2.75) is 39.2 Å². The number of nitro groups is 1. The Morgan fingerprint density at radius 3 is 2.88 bits per heavy atom. The normalized spacial score (nSPS) is 24.7. The Hall–Kier alpha value is -2.37. The third-order valence-electron chi connectivity index (χ3n) is 5.19. The number of benzene rings is 1. The van der Waals surface area contributed by atoms with Gasteiger partial charge in [-0.15, -0.1) is 0 Å². The molecule has 0 fully saturated rings. The van der Waals surface area contributed by atoms with Crippen molar-refractivity contribution in [1.29, 1.82) is 0 Å². The molecule has 1 aliphatic heterocycles. The maximum absolute atomic E-state index is 11.3. The molecule has 3 rings (SSSR count). The Kier molecular flexibility index (Phi) is 4.07. The van der Waals surface area contributed by atoms with Crippen molar-refractivity contribution in [2.24, 2.45) is 11.3 Å². The van der Waals surface area contributed by atoms with E-state index in [0.717, 1.165) is 17.7 Å². The fourth-order valence-electron chi connectivity index (χ4n) is 3.93. The van der Waals surface area contributed by atoms with Crippen molar-refractivity contribution >= 4 is 17.3 Å². The predicted molar refractivity (Wildman–Crippen MR) is 93.0 cm³/mol. The van der Waals surface area contributed by atoms with Crippen molar-refractivity contribution in [3.63, 3.8) is 0 Å². The number of anilines is 1. The maximum Gasteiger partial charge on any atom is 0.269 e. The molecular weight excluding hydrogens is 306 g/mol. The Labute approximate surface area is 141 Å². The highest BCUT2D eigenvalue weighted by molar-refractivity contribution is 5.72. The Bertz CT molecular complexity index is 711. The molecule has 0 aromatic heterocycles. The lowest BCUT2D eigenvalue weighted by Gasteiger charge is -2.45. The SMILES string of the molecule is CC(=O)NCC(C)(C)[C@H]1Nc2ccc([N+](=O)[O-])cc2C2C=CC[C@H]21. The highest BCUT2D eigenvalue weighted by Gasteiger charge is 2.44. The lowest BCUT2D eigenvalue weighted by Crippen LogP contribution is -2.50. The quantitative estimate of drug-likeness (QED) is 0.505. The number of allylic oxidation sites excluding steroid dienone is 2. The molecule has 128 valence electrons. The van der Waals surface area contributed by atoms with E-state index in [-0.39, 0.29) is 33.9 Å². The van der Waals surface area contributed by atoms with Crippen LogP contribution >= 0.6 is 0 Å². The summed E-state index contributed by atoms with van der Waals surface area (Å²) in [6.07, 6.45) is 5.26. The molecule has 3 atom stereocenters. The molecule has 24 heavy (non-hydrogen) atoms. The summed E-state index contributed by atoms with van der Waals surface area (Å²) < 4.78 is 0. The third kappa shape index (κ3) is 2.88. The van der Waals surface area contributed by atoms with Gasteiger partial charge in [0.15, 0.2) is 0 Å². The Balaban J connectivity index is 1.93. The summed E-state index contributed by atoms with van der Waals surface area (Å²) in [5, 5.41) is 17.6. The third-order valence-corrected chi connectivity index (χ3v) is 5.19. The lowest BCUT2D eigenvalue weighted by molar-refractivity contribution is -0.384. The van der Waals surface area contributed by atoms with E-state index in [2.05, 4.69) is 36.6 Å². The van der Waals surface area contributed by atoms with Gasteiger partial charge in [-0.1, -0.05) is 26.0 Å². The monoisotopic (exact) mass is 329 g/mol. The molecule has 1 aromatic rings. The number of nitrogens with zero attached hydrogens (tertiary/aromatic N) is 1. The molecule has 0 saturated carbocycles. The summed E-state index contributed by atoms with van der Waals surface area (Å²) in [6.45, 7) is 6.41. The lowest BCUT2D eigenvalue weighted by atomic mass is 9.69. The molecule has 6 nitrogen and oxygen atoms in total. The Morgan fingerprint density at radius 1 is 1.46 bits per heavy atom. The zero-order valence-electron chi connectivity index (χ0n) is 14.2. The van der Waals surface area contributed by atoms with Gasteiger partial charge >= 0.3 is 0 Å². The Morgan fingerprint density at radius 2 is 2.21 bits per heavy atom. The van der Waals surface area contributed by atoms with Gasteiger partial charge in [-0.05, 0) is 24.0 Å². The van der Waals surface area contributed by atoms with E-state index in [1.54, 1.807) is 18.2 Å². The first-order valence-corrected chi connectivity index (χ1v) is 8.25. The molecule has 0 saturated heterocycles. The smallest absolute Gasteiger partial charge is 0.269 e. The van der Waals surface area contributed by atoms with Crippen LogP contribution in [0.25, 0.3) is 0 Å². The van der Waals surface area contributed by atoms with E-state index in [4.69, 9.17) is 0 Å². The highest BCUT2D eigenvalue weighted by atomic mass is 16.6. The maximum atomic E-state index is 11.3. The summed E-state index contributed by atoms with van der Waals surface area (Å²) in [5.41, 5.74) is 1.94. The van der Waals surface area contributed by atoms with E-state index in [0.29, 0.717) is 12.5 Å². The van der Waals surface area contributed by atoms with E-state index in [1.165, 1.54) is 6.92 Å². The molecule has 1 unspecified atom stereocenters. The molecule has 0 radical (unpaired) electrons. The number of hydrogen-bond acceptors (Lipinski definition) is 4. The number of carbonyl (C=O) groups is 1. The van der Waals surface area contributed by atoms with Gasteiger partial charge in [0, 0.05) is 48.7 Å². The summed E-state index contributed by atoms with van der Waals surface area (Å²) in [4.78, 5) is 22.0. The molecule has 1 amide bonds. The first-order chi connectivity index (χ1) is 11.3. The van der Waals surface area contributed by atoms with Gasteiger partial charge in [0.2, 0.25) is 5.91 Å². The van der Waals surface area contributed by atoms with Gasteiger partial charge in [-0.2, -0.15) is 0 Å². The topological polar surface area (TPSA) is 84.3 Å². The fraction of sp³-hybridized carbons (Fsp3) is 0.500. The van der Waals surface area contributed by atoms with Crippen LogP contribution in [0, 0.1) is 21.4 Å². The largest absolute Gasteiger partial charge is 0.381 e. The van der Waals surface area contributed by atoms with E-state index < -0.39 is 0 Å². The van der Waals surface area contributed by atoms with Gasteiger partial charge in [0.25, 0.3) is 5.69 Å². The number of nitrogens with one attached hydrogen (secondary N) is 2. The molecule has 0 spiro atoms. The number of hydrogen-bond donors (Lipinski definition) is 2. The van der Waals surface area contributed by atoms with Crippen molar-refractivity contribution in [3.05, 3.63) is 46.0 Å². The van der Waals surface area contributed by atoms with Gasteiger partial charge in [0.1, 0.15) is 0 Å². The minimum Gasteiger partial charge on any atom is -0.381 e. The number of carbonyl (C=O) groups excluding carboxylic acids is 1. The van der Waals surface area contributed by atoms with Crippen molar-refractivity contribution in [3.8, 4) is 0 Å². The van der Waals surface area contributed by atoms with Crippen LogP contribution in [0.15, 0.2) is 30.4 Å². The average Bonchev–Trinajstić information content (AvgIpc) is 3.01. The van der Waals surface area contributed by atoms with Crippen LogP contribution in [-0.2, 0) is 4.79 Å². The molecule has 6 heteroatoms. The average molecular weight is 329 g/mol. The van der Waals surface area contributed by atoms with Crippen LogP contribution in [0.2, 0.25) is 0 Å². The standard InChI is InChI=1S/C18H23N3O3/c1-11(22)19-10-18(2,3)17-14-6-4-5-13(14)15-9-12(21(23)24)7-8-16(15)20-17/h4-5,7-9,13-14,17,20H,6,10H2,1-3H3,(H,19,22)/t13?,14-,17+/m1/s1. The fourth-order valence-corrected chi connectivity index (χ4v) is 3.93. The molecule has 1 aromatic carbocycles. The van der Waals surface area contributed by atoms with E-state index >= 15 is 0 Å². The number of rotatable bonds is 4. The van der Waals surface area contributed by atoms with Gasteiger partial charge in [-0.3, -0.25) is 14.9 Å². The molecular formula is C18H23N3O3. The second kappa shape index (κ2) is 5.92. The van der Waals surface area contributed by atoms with Crippen LogP contribution in [0.3, 0.4) is 0 Å². The second-order valence-corrected chi connectivity index (χ2v) is 7.40. The minimum atomic E-state index is -0.346. The second-order valence-electron chi connectivity index (χ2n) is 7.40. The number of non-ortho nitro benzene ring substituents is 1. The van der Waals surface area contributed by atoms with Gasteiger partial charge in [0.05, 0.1) is 4.92 Å². The van der Waals surface area contributed by atoms with E-state index in [9.17, 15) is 14.9 Å². The molecule has 0 bridgehead atoms. The first-order valence-electron chi connectivity index (χ1n) is 8.25. The number of nitro benzene ring substituents is 1. The summed E-state index contributed by atoms with van der Waals surface area (Å²) >= 11 is 0. The van der Waals surface area contributed by atoms with Crippen LogP contribution < -0.4 is 10.6 Å². The minimum absolute atomic E-state index is 0.0315. The first kappa shape index (κ1) is 16.5. The molecule has 2 N–H and O–H groups in total. The molecule has 1 aliphatic carbocycles. The van der Waals surface area contributed by atoms with Crippen LogP contribution in [0.4, 0.5) is 11.4 Å². The number of fused-ring (bicyclic) bond motifs is 3. The number of amides is 1. The van der Waals surface area contributed by atoms with Gasteiger partial charge in [-0.25, -0.2) is 0 Å². The van der Waals surface area contributed by atoms with Crippen molar-refractivity contribution in [2.75, 3.05) is 11.9 Å². The highest BCUT2D eigenvalue weighted by Crippen LogP contribution is 2.49. The zero-order valence-corrected chi connectivity index (χ0v) is 14.2. The van der Waals surface area contributed by atoms with Crippen LogP contribution in [0.1, 0.15) is 38.7 Å². The summed E-state index contributed by atoms with van der Waals surface area (Å²) in [6, 6.07) is 5.21. The van der Waals surface area contributed by atoms with Gasteiger partial charge < -0.3 is 10.6 Å².